The number of aromatic amines is 1. The van der Waals surface area contributed by atoms with Crippen molar-refractivity contribution < 1.29 is 9.90 Å². The van der Waals surface area contributed by atoms with E-state index in [1.54, 1.807) is 24.0 Å². The number of likely N-dealkylation sites (tertiary alicyclic amines) is 1. The summed E-state index contributed by atoms with van der Waals surface area (Å²) in [6.45, 7) is 0.811. The second kappa shape index (κ2) is 5.69. The van der Waals surface area contributed by atoms with Crippen LogP contribution in [0.15, 0.2) is 18.3 Å². The van der Waals surface area contributed by atoms with Crippen LogP contribution in [0.3, 0.4) is 0 Å². The van der Waals surface area contributed by atoms with Crippen LogP contribution in [-0.2, 0) is 13.5 Å². The number of H-pyrrole nitrogens is 1. The Balaban J connectivity index is 1.79. The van der Waals surface area contributed by atoms with Crippen molar-refractivity contribution in [1.29, 1.82) is 0 Å². The lowest BCUT2D eigenvalue weighted by Gasteiger charge is -2.22. The van der Waals surface area contributed by atoms with Crippen molar-refractivity contribution in [2.75, 3.05) is 13.2 Å². The number of rotatable bonds is 4. The maximum Gasteiger partial charge on any atom is 0.274 e. The minimum atomic E-state index is -0.0511. The van der Waals surface area contributed by atoms with Gasteiger partial charge < -0.3 is 10.0 Å². The average Bonchev–Trinajstić information content (AvgIpc) is 3.17. The fourth-order valence-electron chi connectivity index (χ4n) is 2.79. The highest BCUT2D eigenvalue weighted by Crippen LogP contribution is 2.32. The highest BCUT2D eigenvalue weighted by atomic mass is 16.3. The van der Waals surface area contributed by atoms with Gasteiger partial charge in [-0.2, -0.15) is 10.2 Å². The number of carbonyl (C=O) groups is 1. The quantitative estimate of drug-likeness (QED) is 0.865. The number of aliphatic hydroxyl groups excluding tert-OH is 1. The molecule has 0 unspecified atom stereocenters. The summed E-state index contributed by atoms with van der Waals surface area (Å²) in [5.74, 6) is -0.0511. The third-order valence-electron chi connectivity index (χ3n) is 3.82. The van der Waals surface area contributed by atoms with E-state index in [-0.39, 0.29) is 18.6 Å². The Bertz CT molecular complexity index is 633. The van der Waals surface area contributed by atoms with Gasteiger partial charge in [0.05, 0.1) is 11.7 Å². The number of aliphatic hydroxyl groups is 1. The highest BCUT2D eigenvalue weighted by molar-refractivity contribution is 5.92. The Morgan fingerprint density at radius 3 is 3.14 bits per heavy atom. The molecule has 1 aliphatic heterocycles. The van der Waals surface area contributed by atoms with Crippen molar-refractivity contribution in [1.82, 2.24) is 24.9 Å². The number of amides is 1. The molecule has 0 radical (unpaired) electrons. The SMILES string of the molecule is Cn1ccc(C(=O)N2CCC[C@H]2c2cc(CCO)[nH]n2)n1. The van der Waals surface area contributed by atoms with E-state index in [0.29, 0.717) is 12.1 Å². The summed E-state index contributed by atoms with van der Waals surface area (Å²) < 4.78 is 1.63. The number of nitrogens with zero attached hydrogens (tertiary/aromatic N) is 4. The Morgan fingerprint density at radius 2 is 2.43 bits per heavy atom. The van der Waals surface area contributed by atoms with Crippen LogP contribution in [0.1, 0.15) is 40.8 Å². The van der Waals surface area contributed by atoms with E-state index >= 15 is 0 Å². The molecule has 0 bridgehead atoms. The number of aryl methyl sites for hydroxylation is 1. The van der Waals surface area contributed by atoms with Gasteiger partial charge in [0.25, 0.3) is 5.91 Å². The van der Waals surface area contributed by atoms with Crippen LogP contribution < -0.4 is 0 Å². The average molecular weight is 289 g/mol. The van der Waals surface area contributed by atoms with Gasteiger partial charge in [-0.1, -0.05) is 0 Å². The Kier molecular flexibility index (Phi) is 3.74. The predicted molar refractivity (Wildman–Crippen MR) is 75.6 cm³/mol. The zero-order chi connectivity index (χ0) is 14.8. The zero-order valence-corrected chi connectivity index (χ0v) is 12.0. The summed E-state index contributed by atoms with van der Waals surface area (Å²) >= 11 is 0. The minimum Gasteiger partial charge on any atom is -0.396 e. The van der Waals surface area contributed by atoms with Gasteiger partial charge in [-0.3, -0.25) is 14.6 Å². The first-order chi connectivity index (χ1) is 10.2. The molecule has 0 saturated carbocycles. The van der Waals surface area contributed by atoms with E-state index in [1.165, 1.54) is 0 Å². The van der Waals surface area contributed by atoms with Gasteiger partial charge in [-0.25, -0.2) is 0 Å². The van der Waals surface area contributed by atoms with Gasteiger partial charge in [-0.15, -0.1) is 0 Å². The van der Waals surface area contributed by atoms with E-state index in [9.17, 15) is 4.79 Å². The molecule has 2 N–H and O–H groups in total. The summed E-state index contributed by atoms with van der Waals surface area (Å²) in [6.07, 6.45) is 4.19. The van der Waals surface area contributed by atoms with Crippen molar-refractivity contribution in [2.45, 2.75) is 25.3 Å². The molecule has 0 spiro atoms. The fraction of sp³-hybridized carbons (Fsp3) is 0.500. The third-order valence-corrected chi connectivity index (χ3v) is 3.82. The molecular weight excluding hydrogens is 270 g/mol. The third kappa shape index (κ3) is 2.69. The first-order valence-corrected chi connectivity index (χ1v) is 7.14. The molecule has 1 aliphatic rings. The van der Waals surface area contributed by atoms with Crippen LogP contribution in [0.5, 0.6) is 0 Å². The van der Waals surface area contributed by atoms with E-state index in [0.717, 1.165) is 30.8 Å². The van der Waals surface area contributed by atoms with E-state index in [2.05, 4.69) is 15.3 Å². The standard InChI is InChI=1S/C14H19N5O2/c1-18-7-4-11(17-18)14(21)19-6-2-3-13(19)12-9-10(5-8-20)15-16-12/h4,7,9,13,20H,2-3,5-6,8H2,1H3,(H,15,16)/t13-/m0/s1. The summed E-state index contributed by atoms with van der Waals surface area (Å²) in [5.41, 5.74) is 2.22. The van der Waals surface area contributed by atoms with Crippen LogP contribution >= 0.6 is 0 Å². The second-order valence-electron chi connectivity index (χ2n) is 5.32. The molecule has 0 aromatic carbocycles. The maximum atomic E-state index is 12.5. The minimum absolute atomic E-state index is 0.0109. The number of hydrogen-bond acceptors (Lipinski definition) is 4. The molecule has 7 nitrogen and oxygen atoms in total. The molecule has 0 aliphatic carbocycles. The lowest BCUT2D eigenvalue weighted by atomic mass is 10.1. The number of aromatic nitrogens is 4. The summed E-state index contributed by atoms with van der Waals surface area (Å²) in [5, 5.41) is 20.4. The molecule has 21 heavy (non-hydrogen) atoms. The topological polar surface area (TPSA) is 87.0 Å². The molecule has 2 aromatic rings. The maximum absolute atomic E-state index is 12.5. The second-order valence-corrected chi connectivity index (χ2v) is 5.32. The largest absolute Gasteiger partial charge is 0.396 e. The molecule has 3 rings (SSSR count). The van der Waals surface area contributed by atoms with Crippen LogP contribution in [-0.4, -0.2) is 49.0 Å². The number of nitrogens with one attached hydrogen (secondary N) is 1. The first kappa shape index (κ1) is 13.8. The van der Waals surface area contributed by atoms with E-state index in [1.807, 2.05) is 11.0 Å². The molecule has 112 valence electrons. The summed E-state index contributed by atoms with van der Waals surface area (Å²) in [7, 11) is 1.80. The van der Waals surface area contributed by atoms with Gasteiger partial charge in [-0.05, 0) is 25.0 Å². The van der Waals surface area contributed by atoms with Gasteiger partial charge in [0.1, 0.15) is 5.69 Å². The van der Waals surface area contributed by atoms with Crippen LogP contribution in [0.4, 0.5) is 0 Å². The first-order valence-electron chi connectivity index (χ1n) is 7.14. The number of carbonyl (C=O) groups excluding carboxylic acids is 1. The molecule has 3 heterocycles. The summed E-state index contributed by atoms with van der Waals surface area (Å²) in [6, 6.07) is 3.66. The van der Waals surface area contributed by atoms with Gasteiger partial charge in [0.2, 0.25) is 0 Å². The van der Waals surface area contributed by atoms with Crippen molar-refractivity contribution in [2.24, 2.45) is 7.05 Å². The van der Waals surface area contributed by atoms with Gasteiger partial charge in [0.15, 0.2) is 0 Å². The van der Waals surface area contributed by atoms with Gasteiger partial charge in [0, 0.05) is 38.5 Å². The van der Waals surface area contributed by atoms with Crippen molar-refractivity contribution in [3.05, 3.63) is 35.4 Å². The summed E-state index contributed by atoms with van der Waals surface area (Å²) in [4.78, 5) is 14.4. The molecule has 1 atom stereocenters. The predicted octanol–water partition coefficient (Wildman–Crippen LogP) is 0.655. The Labute approximate surface area is 122 Å². The Morgan fingerprint density at radius 1 is 1.57 bits per heavy atom. The van der Waals surface area contributed by atoms with E-state index < -0.39 is 0 Å². The molecule has 2 aromatic heterocycles. The monoisotopic (exact) mass is 289 g/mol. The number of hydrogen-bond donors (Lipinski definition) is 2. The fourth-order valence-corrected chi connectivity index (χ4v) is 2.79. The van der Waals surface area contributed by atoms with Crippen LogP contribution in [0, 0.1) is 0 Å². The van der Waals surface area contributed by atoms with Crippen molar-refractivity contribution in [3.8, 4) is 0 Å². The molecule has 7 heteroatoms. The highest BCUT2D eigenvalue weighted by Gasteiger charge is 2.33. The zero-order valence-electron chi connectivity index (χ0n) is 12.0. The van der Waals surface area contributed by atoms with Crippen molar-refractivity contribution in [3.63, 3.8) is 0 Å². The molecular formula is C14H19N5O2. The smallest absolute Gasteiger partial charge is 0.274 e. The van der Waals surface area contributed by atoms with Crippen LogP contribution in [0.25, 0.3) is 0 Å². The lowest BCUT2D eigenvalue weighted by molar-refractivity contribution is 0.0726. The molecule has 1 saturated heterocycles. The van der Waals surface area contributed by atoms with E-state index in [4.69, 9.17) is 5.11 Å². The Hall–Kier alpha value is -2.15. The van der Waals surface area contributed by atoms with Gasteiger partial charge >= 0.3 is 0 Å². The molecule has 1 amide bonds. The lowest BCUT2D eigenvalue weighted by Crippen LogP contribution is -2.31. The van der Waals surface area contributed by atoms with Crippen LogP contribution in [0.2, 0.25) is 0 Å². The molecule has 1 fully saturated rings. The van der Waals surface area contributed by atoms with Crippen molar-refractivity contribution >= 4 is 5.91 Å². The normalized spacial score (nSPS) is 18.4.